The minimum absolute atomic E-state index is 0.153. The van der Waals surface area contributed by atoms with Gasteiger partial charge in [0.05, 0.1) is 16.2 Å². The lowest BCUT2D eigenvalue weighted by molar-refractivity contribution is -0.121. The summed E-state index contributed by atoms with van der Waals surface area (Å²) in [5.74, 6) is -0.996. The number of fused-ring (bicyclic) bond motifs is 1. The van der Waals surface area contributed by atoms with Gasteiger partial charge in [-0.2, -0.15) is 0 Å². The number of likely N-dealkylation sites (N-methyl/N-ethyl adjacent to an activating group) is 1. The minimum Gasteiger partial charge on any atom is -0.325 e. The summed E-state index contributed by atoms with van der Waals surface area (Å²) in [7, 11) is 1.59. The topological polar surface area (TPSA) is 69.7 Å². The second-order valence-electron chi connectivity index (χ2n) is 6.76. The molecule has 2 aliphatic rings. The van der Waals surface area contributed by atoms with Gasteiger partial charge < -0.3 is 5.32 Å². The Labute approximate surface area is 177 Å². The molecule has 1 fully saturated rings. The van der Waals surface area contributed by atoms with Crippen molar-refractivity contribution in [1.82, 2.24) is 4.90 Å². The van der Waals surface area contributed by atoms with Gasteiger partial charge in [-0.1, -0.05) is 59.9 Å². The maximum absolute atomic E-state index is 13.2. The number of para-hydroxylation sites is 1. The first kappa shape index (κ1) is 19.4. The highest BCUT2D eigenvalue weighted by Gasteiger charge is 2.41. The molecule has 0 aromatic heterocycles. The molecule has 0 bridgehead atoms. The molecule has 1 N–H and O–H groups in total. The highest BCUT2D eigenvalue weighted by molar-refractivity contribution is 8.26. The quantitative estimate of drug-likeness (QED) is 0.607. The molecule has 0 radical (unpaired) electrons. The van der Waals surface area contributed by atoms with E-state index in [0.29, 0.717) is 31.7 Å². The fourth-order valence-electron chi connectivity index (χ4n) is 3.23. The first-order chi connectivity index (χ1) is 13.9. The molecule has 2 aliphatic heterocycles. The number of carbonyl (C=O) groups is 3. The van der Waals surface area contributed by atoms with E-state index >= 15 is 0 Å². The van der Waals surface area contributed by atoms with Crippen molar-refractivity contribution in [3.05, 3.63) is 64.6 Å². The van der Waals surface area contributed by atoms with Gasteiger partial charge in [0.15, 0.2) is 0 Å². The smallest absolute Gasteiger partial charge is 0.266 e. The molecule has 29 heavy (non-hydrogen) atoms. The number of thiocarbonyl (C=S) groups is 1. The van der Waals surface area contributed by atoms with E-state index in [9.17, 15) is 14.4 Å². The van der Waals surface area contributed by atoms with Gasteiger partial charge in [0, 0.05) is 18.3 Å². The van der Waals surface area contributed by atoms with Gasteiger partial charge in [-0.05, 0) is 25.1 Å². The van der Waals surface area contributed by atoms with Crippen molar-refractivity contribution < 1.29 is 14.4 Å². The number of hydrogen-bond donors (Lipinski definition) is 1. The Morgan fingerprint density at radius 2 is 1.76 bits per heavy atom. The Kier molecular flexibility index (Phi) is 4.97. The molecule has 6 nitrogen and oxygen atoms in total. The van der Waals surface area contributed by atoms with E-state index in [2.05, 4.69) is 5.32 Å². The zero-order valence-electron chi connectivity index (χ0n) is 15.8. The third-order valence-electron chi connectivity index (χ3n) is 4.75. The standard InChI is InChI=1S/C21H17N3O3S2/c1-12-7-9-13(10-8-12)22-16(25)11-24-15-6-4-3-5-14(15)17(19(24)26)18-20(27)23(2)21(28)29-18/h3-10H,11H2,1-2H3,(H,22,25). The molecule has 4 rings (SSSR count). The molecule has 2 heterocycles. The van der Waals surface area contributed by atoms with E-state index in [1.807, 2.05) is 31.2 Å². The van der Waals surface area contributed by atoms with E-state index in [-0.39, 0.29) is 24.3 Å². The predicted molar refractivity (Wildman–Crippen MR) is 118 cm³/mol. The van der Waals surface area contributed by atoms with E-state index in [0.717, 1.165) is 17.3 Å². The average molecular weight is 424 g/mol. The maximum atomic E-state index is 13.2. The lowest BCUT2D eigenvalue weighted by Gasteiger charge is -2.16. The van der Waals surface area contributed by atoms with Gasteiger partial charge in [0.1, 0.15) is 10.9 Å². The van der Waals surface area contributed by atoms with Gasteiger partial charge >= 0.3 is 0 Å². The number of amides is 3. The van der Waals surface area contributed by atoms with Crippen molar-refractivity contribution in [1.29, 1.82) is 0 Å². The summed E-state index contributed by atoms with van der Waals surface area (Å²) in [4.78, 5) is 41.4. The Morgan fingerprint density at radius 1 is 1.07 bits per heavy atom. The molecular formula is C21H17N3O3S2. The number of carbonyl (C=O) groups excluding carboxylic acids is 3. The SMILES string of the molecule is Cc1ccc(NC(=O)CN2C(=O)C(=C3SC(=S)N(C)C3=O)c3ccccc32)cc1. The van der Waals surface area contributed by atoms with Crippen LogP contribution >= 0.6 is 24.0 Å². The summed E-state index contributed by atoms with van der Waals surface area (Å²) >= 11 is 6.31. The van der Waals surface area contributed by atoms with E-state index in [4.69, 9.17) is 12.2 Å². The van der Waals surface area contributed by atoms with Gasteiger partial charge in [0.2, 0.25) is 5.91 Å². The van der Waals surface area contributed by atoms with Crippen LogP contribution in [0.1, 0.15) is 11.1 Å². The predicted octanol–water partition coefficient (Wildman–Crippen LogP) is 3.18. The lowest BCUT2D eigenvalue weighted by Crippen LogP contribution is -2.35. The minimum atomic E-state index is -0.376. The van der Waals surface area contributed by atoms with Crippen molar-refractivity contribution in [3.8, 4) is 0 Å². The van der Waals surface area contributed by atoms with Crippen LogP contribution in [0.3, 0.4) is 0 Å². The molecule has 0 saturated carbocycles. The van der Waals surface area contributed by atoms with Crippen LogP contribution in [0.15, 0.2) is 53.4 Å². The van der Waals surface area contributed by atoms with E-state index < -0.39 is 0 Å². The van der Waals surface area contributed by atoms with Crippen molar-refractivity contribution >= 4 is 63.0 Å². The summed E-state index contributed by atoms with van der Waals surface area (Å²) < 4.78 is 0.401. The van der Waals surface area contributed by atoms with Crippen LogP contribution in [-0.2, 0) is 14.4 Å². The molecule has 0 atom stereocenters. The second kappa shape index (κ2) is 7.46. The molecule has 0 spiro atoms. The van der Waals surface area contributed by atoms with Crippen LogP contribution < -0.4 is 10.2 Å². The van der Waals surface area contributed by atoms with Crippen LogP contribution in [0, 0.1) is 6.92 Å². The molecule has 2 aromatic carbocycles. The normalized spacial score (nSPS) is 18.5. The molecule has 1 saturated heterocycles. The molecule has 146 valence electrons. The third-order valence-corrected chi connectivity index (χ3v) is 6.30. The Bertz CT molecular complexity index is 1090. The molecule has 0 unspecified atom stereocenters. The summed E-state index contributed by atoms with van der Waals surface area (Å²) in [5, 5.41) is 2.80. The Balaban J connectivity index is 1.65. The summed E-state index contributed by atoms with van der Waals surface area (Å²) in [6.07, 6.45) is 0. The number of benzene rings is 2. The van der Waals surface area contributed by atoms with Gasteiger partial charge in [-0.25, -0.2) is 0 Å². The zero-order chi connectivity index (χ0) is 20.7. The molecule has 8 heteroatoms. The number of thioether (sulfide) groups is 1. The van der Waals surface area contributed by atoms with Crippen LogP contribution in [0.4, 0.5) is 11.4 Å². The first-order valence-corrected chi connectivity index (χ1v) is 10.1. The number of rotatable bonds is 3. The van der Waals surface area contributed by atoms with Gasteiger partial charge in [0.25, 0.3) is 11.8 Å². The highest BCUT2D eigenvalue weighted by Crippen LogP contribution is 2.44. The first-order valence-electron chi connectivity index (χ1n) is 8.88. The third kappa shape index (κ3) is 3.45. The summed E-state index contributed by atoms with van der Waals surface area (Å²) in [6, 6.07) is 14.6. The maximum Gasteiger partial charge on any atom is 0.266 e. The zero-order valence-corrected chi connectivity index (χ0v) is 17.4. The van der Waals surface area contributed by atoms with Crippen molar-refractivity contribution in [3.63, 3.8) is 0 Å². The van der Waals surface area contributed by atoms with Crippen LogP contribution in [0.5, 0.6) is 0 Å². The highest BCUT2D eigenvalue weighted by atomic mass is 32.2. The molecule has 3 amide bonds. The Hall–Kier alpha value is -2.97. The fraction of sp³-hybridized carbons (Fsp3) is 0.143. The number of aryl methyl sites for hydroxylation is 1. The van der Waals surface area contributed by atoms with Crippen LogP contribution in [-0.4, -0.2) is 40.5 Å². The van der Waals surface area contributed by atoms with Crippen molar-refractivity contribution in [2.75, 3.05) is 23.8 Å². The largest absolute Gasteiger partial charge is 0.325 e. The Morgan fingerprint density at radius 3 is 2.41 bits per heavy atom. The van der Waals surface area contributed by atoms with E-state index in [1.165, 1.54) is 9.80 Å². The molecular weight excluding hydrogens is 406 g/mol. The lowest BCUT2D eigenvalue weighted by atomic mass is 10.1. The fourth-order valence-corrected chi connectivity index (χ4v) is 4.48. The summed E-state index contributed by atoms with van der Waals surface area (Å²) in [5.41, 5.74) is 3.28. The number of anilines is 2. The average Bonchev–Trinajstić information content (AvgIpc) is 3.11. The molecule has 2 aromatic rings. The van der Waals surface area contributed by atoms with Crippen LogP contribution in [0.25, 0.3) is 5.57 Å². The van der Waals surface area contributed by atoms with Crippen molar-refractivity contribution in [2.24, 2.45) is 0 Å². The van der Waals surface area contributed by atoms with Crippen LogP contribution in [0.2, 0.25) is 0 Å². The number of hydrogen-bond acceptors (Lipinski definition) is 5. The number of nitrogens with zero attached hydrogens (tertiary/aromatic N) is 2. The van der Waals surface area contributed by atoms with Crippen molar-refractivity contribution in [2.45, 2.75) is 6.92 Å². The summed E-state index contributed by atoms with van der Waals surface area (Å²) in [6.45, 7) is 1.81. The van der Waals surface area contributed by atoms with Gasteiger partial charge in [-0.15, -0.1) is 0 Å². The van der Waals surface area contributed by atoms with Gasteiger partial charge in [-0.3, -0.25) is 24.2 Å². The number of nitrogens with one attached hydrogen (secondary N) is 1. The molecule has 0 aliphatic carbocycles. The monoisotopic (exact) mass is 423 g/mol. The van der Waals surface area contributed by atoms with E-state index in [1.54, 1.807) is 31.3 Å². The second-order valence-corrected chi connectivity index (χ2v) is 8.40.